The Morgan fingerprint density at radius 3 is 2.45 bits per heavy atom. The summed E-state index contributed by atoms with van der Waals surface area (Å²) in [5.74, 6) is 1.09. The second-order valence-corrected chi connectivity index (χ2v) is 7.62. The van der Waals surface area contributed by atoms with Crippen LogP contribution in [0.25, 0.3) is 0 Å². The van der Waals surface area contributed by atoms with Crippen LogP contribution in [0.3, 0.4) is 0 Å². The lowest BCUT2D eigenvalue weighted by Gasteiger charge is -2.37. The maximum atomic E-state index is 12.5. The molecule has 0 aromatic heterocycles. The first kappa shape index (κ1) is 15.7. The van der Waals surface area contributed by atoms with Crippen molar-refractivity contribution in [1.29, 1.82) is 0 Å². The third kappa shape index (κ3) is 2.83. The van der Waals surface area contributed by atoms with Crippen LogP contribution in [0, 0.1) is 16.7 Å². The molecule has 114 valence electrons. The molecule has 2 fully saturated rings. The Kier molecular flexibility index (Phi) is 4.38. The number of hydrogen-bond acceptors (Lipinski definition) is 4. The summed E-state index contributed by atoms with van der Waals surface area (Å²) in [6.45, 7) is 5.60. The SMILES string of the molecule is COC(=O)[C@@H]1CC12CCN(C(=O)C(C)(C)CSC)CC2. The molecule has 5 heteroatoms. The minimum absolute atomic E-state index is 0.0731. The van der Waals surface area contributed by atoms with E-state index in [2.05, 4.69) is 0 Å². The molecule has 0 radical (unpaired) electrons. The number of amides is 1. The van der Waals surface area contributed by atoms with Crippen LogP contribution in [0.4, 0.5) is 0 Å². The lowest BCUT2D eigenvalue weighted by Crippen LogP contribution is -2.46. The van der Waals surface area contributed by atoms with Gasteiger partial charge in [0.05, 0.1) is 18.4 Å². The van der Waals surface area contributed by atoms with Gasteiger partial charge in [-0.2, -0.15) is 11.8 Å². The minimum atomic E-state index is -0.296. The molecular weight excluding hydrogens is 274 g/mol. The highest BCUT2D eigenvalue weighted by Gasteiger charge is 2.59. The van der Waals surface area contributed by atoms with E-state index >= 15 is 0 Å². The van der Waals surface area contributed by atoms with Gasteiger partial charge in [-0.15, -0.1) is 0 Å². The van der Waals surface area contributed by atoms with Crippen molar-refractivity contribution < 1.29 is 14.3 Å². The van der Waals surface area contributed by atoms with E-state index in [0.717, 1.165) is 38.1 Å². The lowest BCUT2D eigenvalue weighted by atomic mass is 9.88. The number of hydrogen-bond donors (Lipinski definition) is 0. The molecule has 1 aliphatic carbocycles. The van der Waals surface area contributed by atoms with Crippen molar-refractivity contribution in [2.45, 2.75) is 33.1 Å². The molecule has 2 rings (SSSR count). The molecule has 0 unspecified atom stereocenters. The van der Waals surface area contributed by atoms with E-state index < -0.39 is 0 Å². The van der Waals surface area contributed by atoms with Crippen LogP contribution in [0.15, 0.2) is 0 Å². The van der Waals surface area contributed by atoms with Gasteiger partial charge in [0.15, 0.2) is 0 Å². The second-order valence-electron chi connectivity index (χ2n) is 6.75. The van der Waals surface area contributed by atoms with E-state index in [4.69, 9.17) is 4.74 Å². The molecule has 1 amide bonds. The number of piperidine rings is 1. The first-order valence-electron chi connectivity index (χ1n) is 7.22. The zero-order valence-corrected chi connectivity index (χ0v) is 13.7. The monoisotopic (exact) mass is 299 g/mol. The molecule has 0 aromatic carbocycles. The van der Waals surface area contributed by atoms with E-state index in [0.29, 0.717) is 0 Å². The van der Waals surface area contributed by atoms with Crippen molar-refractivity contribution >= 4 is 23.6 Å². The lowest BCUT2D eigenvalue weighted by molar-refractivity contribution is -0.144. The molecule has 1 heterocycles. The van der Waals surface area contributed by atoms with Crippen LogP contribution < -0.4 is 0 Å². The van der Waals surface area contributed by atoms with Gasteiger partial charge in [0.2, 0.25) is 5.91 Å². The molecule has 1 aliphatic heterocycles. The average Bonchev–Trinajstić information content (AvgIpc) is 3.12. The Morgan fingerprint density at radius 2 is 1.95 bits per heavy atom. The van der Waals surface area contributed by atoms with Crippen LogP contribution in [0.1, 0.15) is 33.1 Å². The quantitative estimate of drug-likeness (QED) is 0.747. The normalized spacial score (nSPS) is 24.6. The van der Waals surface area contributed by atoms with Gasteiger partial charge < -0.3 is 9.64 Å². The van der Waals surface area contributed by atoms with Crippen molar-refractivity contribution in [3.63, 3.8) is 0 Å². The summed E-state index contributed by atoms with van der Waals surface area (Å²) >= 11 is 1.71. The number of rotatable bonds is 4. The largest absolute Gasteiger partial charge is 0.469 e. The van der Waals surface area contributed by atoms with E-state index in [1.54, 1.807) is 11.8 Å². The number of carbonyl (C=O) groups excluding carboxylic acids is 2. The summed E-state index contributed by atoms with van der Waals surface area (Å²) in [6.07, 6.45) is 4.85. The zero-order valence-electron chi connectivity index (χ0n) is 12.9. The van der Waals surface area contributed by atoms with Gasteiger partial charge in [0, 0.05) is 18.8 Å². The van der Waals surface area contributed by atoms with Crippen LogP contribution in [0.5, 0.6) is 0 Å². The van der Waals surface area contributed by atoms with Crippen molar-refractivity contribution in [2.75, 3.05) is 32.2 Å². The summed E-state index contributed by atoms with van der Waals surface area (Å²) in [6, 6.07) is 0. The standard InChI is InChI=1S/C15H25NO3S/c1-14(2,10-20-4)13(18)16-7-5-15(6-8-16)9-11(15)12(17)19-3/h11H,5-10H2,1-4H3/t11-/m0/s1. The maximum absolute atomic E-state index is 12.5. The number of nitrogens with zero attached hydrogens (tertiary/aromatic N) is 1. The van der Waals surface area contributed by atoms with E-state index in [-0.39, 0.29) is 28.6 Å². The van der Waals surface area contributed by atoms with Crippen LogP contribution in [-0.2, 0) is 14.3 Å². The molecule has 2 aliphatic rings. The predicted molar refractivity (Wildman–Crippen MR) is 80.5 cm³/mol. The molecule has 1 saturated heterocycles. The topological polar surface area (TPSA) is 46.6 Å². The third-order valence-corrected chi connectivity index (χ3v) is 5.82. The number of methoxy groups -OCH3 is 1. The Balaban J connectivity index is 1.90. The Morgan fingerprint density at radius 1 is 1.35 bits per heavy atom. The Bertz CT molecular complexity index is 400. The minimum Gasteiger partial charge on any atom is -0.469 e. The van der Waals surface area contributed by atoms with Crippen molar-refractivity contribution in [2.24, 2.45) is 16.7 Å². The molecule has 20 heavy (non-hydrogen) atoms. The molecule has 0 aromatic rings. The smallest absolute Gasteiger partial charge is 0.309 e. The number of carbonyl (C=O) groups is 2. The van der Waals surface area contributed by atoms with Gasteiger partial charge in [-0.1, -0.05) is 13.8 Å². The van der Waals surface area contributed by atoms with Crippen LogP contribution in [0.2, 0.25) is 0 Å². The van der Waals surface area contributed by atoms with Crippen LogP contribution >= 0.6 is 11.8 Å². The highest BCUT2D eigenvalue weighted by Crippen LogP contribution is 2.59. The van der Waals surface area contributed by atoms with Gasteiger partial charge in [0.1, 0.15) is 0 Å². The molecule has 1 saturated carbocycles. The van der Waals surface area contributed by atoms with E-state index in [9.17, 15) is 9.59 Å². The second kappa shape index (κ2) is 5.58. The predicted octanol–water partition coefficient (Wildman–Crippen LogP) is 2.18. The average molecular weight is 299 g/mol. The van der Waals surface area contributed by atoms with Crippen molar-refractivity contribution in [1.82, 2.24) is 4.90 Å². The van der Waals surface area contributed by atoms with Gasteiger partial charge in [-0.3, -0.25) is 9.59 Å². The fourth-order valence-electron chi connectivity index (χ4n) is 3.38. The summed E-state index contributed by atoms with van der Waals surface area (Å²) in [4.78, 5) is 26.1. The maximum Gasteiger partial charge on any atom is 0.309 e. The van der Waals surface area contributed by atoms with E-state index in [1.807, 2.05) is 25.0 Å². The highest BCUT2D eigenvalue weighted by molar-refractivity contribution is 7.98. The molecule has 4 nitrogen and oxygen atoms in total. The number of esters is 1. The van der Waals surface area contributed by atoms with Gasteiger partial charge in [-0.05, 0) is 30.9 Å². The molecule has 1 atom stereocenters. The number of thioether (sulfide) groups is 1. The van der Waals surface area contributed by atoms with Gasteiger partial charge in [-0.25, -0.2) is 0 Å². The molecule has 0 N–H and O–H groups in total. The molecule has 0 bridgehead atoms. The van der Waals surface area contributed by atoms with Crippen molar-refractivity contribution in [3.8, 4) is 0 Å². The van der Waals surface area contributed by atoms with Gasteiger partial charge in [0.25, 0.3) is 0 Å². The van der Waals surface area contributed by atoms with Crippen LogP contribution in [-0.4, -0.2) is 49.0 Å². The summed E-state index contributed by atoms with van der Waals surface area (Å²) in [5, 5.41) is 0. The fraction of sp³-hybridized carbons (Fsp3) is 0.867. The Hall–Kier alpha value is -0.710. The molecular formula is C15H25NO3S. The summed E-state index contributed by atoms with van der Waals surface area (Å²) in [7, 11) is 1.46. The zero-order chi connectivity index (χ0) is 15.0. The first-order valence-corrected chi connectivity index (χ1v) is 8.62. The van der Waals surface area contributed by atoms with Crippen molar-refractivity contribution in [3.05, 3.63) is 0 Å². The Labute approximate surface area is 125 Å². The number of ether oxygens (including phenoxy) is 1. The van der Waals surface area contributed by atoms with Gasteiger partial charge >= 0.3 is 5.97 Å². The van der Waals surface area contributed by atoms with E-state index in [1.165, 1.54) is 7.11 Å². The summed E-state index contributed by atoms with van der Waals surface area (Å²) < 4.78 is 4.84. The fourth-order valence-corrected chi connectivity index (χ4v) is 4.23. The molecule has 1 spiro atoms. The first-order chi connectivity index (χ1) is 9.36. The third-order valence-electron chi connectivity index (χ3n) is 4.81. The number of likely N-dealkylation sites (tertiary alicyclic amines) is 1. The summed E-state index contributed by atoms with van der Waals surface area (Å²) in [5.41, 5.74) is -0.164. The highest BCUT2D eigenvalue weighted by atomic mass is 32.2.